The quantitative estimate of drug-likeness (QED) is 0.629. The molecule has 17 heavy (non-hydrogen) atoms. The molecule has 1 fully saturated rings. The molecular weight excluding hydrogens is 250 g/mol. The second kappa shape index (κ2) is 6.29. The van der Waals surface area contributed by atoms with Gasteiger partial charge in [-0.25, -0.2) is 13.2 Å². The van der Waals surface area contributed by atoms with Gasteiger partial charge in [0.25, 0.3) is 0 Å². The van der Waals surface area contributed by atoms with Crippen LogP contribution < -0.4 is 0 Å². The number of carboxylic acid groups (broad SMARTS) is 1. The fourth-order valence-electron chi connectivity index (χ4n) is 1.54. The lowest BCUT2D eigenvalue weighted by Gasteiger charge is -2.29. The number of rotatable bonds is 6. The van der Waals surface area contributed by atoms with Crippen LogP contribution >= 0.6 is 0 Å². The first-order chi connectivity index (χ1) is 7.97. The molecule has 1 saturated heterocycles. The summed E-state index contributed by atoms with van der Waals surface area (Å²) in [5, 5.41) is 8.77. The van der Waals surface area contributed by atoms with Gasteiger partial charge in [-0.2, -0.15) is 4.31 Å². The maximum Gasteiger partial charge on any atom is 0.334 e. The van der Waals surface area contributed by atoms with Crippen molar-refractivity contribution in [1.29, 1.82) is 0 Å². The molecular formula is C9H17NO6S. The third kappa shape index (κ3) is 4.23. The van der Waals surface area contributed by atoms with Gasteiger partial charge in [0.2, 0.25) is 10.0 Å². The molecule has 1 atom stereocenters. The third-order valence-corrected chi connectivity index (χ3v) is 4.37. The van der Waals surface area contributed by atoms with Crippen LogP contribution in [-0.2, 0) is 24.3 Å². The van der Waals surface area contributed by atoms with Gasteiger partial charge >= 0.3 is 5.97 Å². The van der Waals surface area contributed by atoms with E-state index in [1.165, 1.54) is 11.4 Å². The number of nitrogens with zero attached hydrogens (tertiary/aromatic N) is 1. The molecule has 0 amide bonds. The van der Waals surface area contributed by atoms with Gasteiger partial charge in [-0.05, 0) is 6.42 Å². The van der Waals surface area contributed by atoms with Crippen molar-refractivity contribution in [3.05, 3.63) is 0 Å². The summed E-state index contributed by atoms with van der Waals surface area (Å²) >= 11 is 0. The molecule has 1 unspecified atom stereocenters. The maximum atomic E-state index is 11.9. The number of sulfonamides is 1. The number of carbonyl (C=O) groups is 1. The second-order valence-electron chi connectivity index (χ2n) is 3.72. The molecule has 1 rings (SSSR count). The van der Waals surface area contributed by atoms with E-state index in [2.05, 4.69) is 0 Å². The Morgan fingerprint density at radius 2 is 2.29 bits per heavy atom. The van der Waals surface area contributed by atoms with Crippen molar-refractivity contribution in [2.45, 2.75) is 12.5 Å². The monoisotopic (exact) mass is 267 g/mol. The van der Waals surface area contributed by atoms with Crippen LogP contribution in [0.1, 0.15) is 6.42 Å². The third-order valence-electron chi connectivity index (χ3n) is 2.45. The van der Waals surface area contributed by atoms with Crippen LogP contribution in [-0.4, -0.2) is 69.1 Å². The minimum absolute atomic E-state index is 0.0345. The number of aliphatic carboxylic acids is 1. The Bertz CT molecular complexity index is 354. The molecule has 0 bridgehead atoms. The van der Waals surface area contributed by atoms with Crippen molar-refractivity contribution in [1.82, 2.24) is 4.31 Å². The highest BCUT2D eigenvalue weighted by Crippen LogP contribution is 2.11. The summed E-state index contributed by atoms with van der Waals surface area (Å²) in [6, 6.07) is 0. The van der Waals surface area contributed by atoms with Gasteiger partial charge in [0, 0.05) is 20.3 Å². The molecule has 8 heteroatoms. The van der Waals surface area contributed by atoms with Crippen LogP contribution in [0.4, 0.5) is 0 Å². The molecule has 0 aromatic rings. The van der Waals surface area contributed by atoms with E-state index in [0.717, 1.165) is 0 Å². The molecule has 7 nitrogen and oxygen atoms in total. The molecule has 1 heterocycles. The summed E-state index contributed by atoms with van der Waals surface area (Å²) < 4.78 is 34.6. The lowest BCUT2D eigenvalue weighted by Crippen LogP contribution is -2.49. The predicted molar refractivity (Wildman–Crippen MR) is 59.2 cm³/mol. The summed E-state index contributed by atoms with van der Waals surface area (Å²) in [5.74, 6) is -1.17. The van der Waals surface area contributed by atoms with Gasteiger partial charge in [0.15, 0.2) is 6.10 Å². The molecule has 1 N–H and O–H groups in total. The SMILES string of the molecule is COCCCS(=O)(=O)N1CCOC(C(=O)O)C1. The number of hydrogen-bond acceptors (Lipinski definition) is 5. The molecule has 0 radical (unpaired) electrons. The van der Waals surface area contributed by atoms with Crippen molar-refractivity contribution in [3.8, 4) is 0 Å². The molecule has 0 aromatic carbocycles. The Morgan fingerprint density at radius 1 is 1.59 bits per heavy atom. The van der Waals surface area contributed by atoms with Crippen LogP contribution in [0, 0.1) is 0 Å². The highest BCUT2D eigenvalue weighted by atomic mass is 32.2. The maximum absolute atomic E-state index is 11.9. The lowest BCUT2D eigenvalue weighted by molar-refractivity contribution is -0.153. The highest BCUT2D eigenvalue weighted by molar-refractivity contribution is 7.89. The van der Waals surface area contributed by atoms with Crippen molar-refractivity contribution in [3.63, 3.8) is 0 Å². The molecule has 0 aromatic heterocycles. The smallest absolute Gasteiger partial charge is 0.334 e. The zero-order valence-corrected chi connectivity index (χ0v) is 10.5. The zero-order chi connectivity index (χ0) is 12.9. The normalized spacial score (nSPS) is 22.5. The first-order valence-electron chi connectivity index (χ1n) is 5.28. The van der Waals surface area contributed by atoms with Crippen LogP contribution in [0.3, 0.4) is 0 Å². The van der Waals surface area contributed by atoms with E-state index in [1.54, 1.807) is 0 Å². The average molecular weight is 267 g/mol. The highest BCUT2D eigenvalue weighted by Gasteiger charge is 2.32. The minimum atomic E-state index is -3.41. The van der Waals surface area contributed by atoms with Crippen LogP contribution in [0.15, 0.2) is 0 Å². The molecule has 0 spiro atoms. The van der Waals surface area contributed by atoms with Gasteiger partial charge in [-0.1, -0.05) is 0 Å². The molecule has 0 saturated carbocycles. The van der Waals surface area contributed by atoms with Crippen molar-refractivity contribution in [2.24, 2.45) is 0 Å². The summed E-state index contributed by atoms with van der Waals surface area (Å²) in [7, 11) is -1.91. The Kier molecular flexibility index (Phi) is 5.31. The largest absolute Gasteiger partial charge is 0.479 e. The predicted octanol–water partition coefficient (Wildman–Crippen LogP) is -0.862. The number of morpholine rings is 1. The topological polar surface area (TPSA) is 93.1 Å². The number of carboxylic acids is 1. The van der Waals surface area contributed by atoms with E-state index in [1.807, 2.05) is 0 Å². The number of hydrogen-bond donors (Lipinski definition) is 1. The first kappa shape index (κ1) is 14.4. The van der Waals surface area contributed by atoms with Crippen molar-refractivity contribution < 1.29 is 27.8 Å². The van der Waals surface area contributed by atoms with Crippen molar-refractivity contribution >= 4 is 16.0 Å². The van der Waals surface area contributed by atoms with E-state index >= 15 is 0 Å². The van der Waals surface area contributed by atoms with Crippen LogP contribution in [0.2, 0.25) is 0 Å². The molecule has 100 valence electrons. The summed E-state index contributed by atoms with van der Waals surface area (Å²) in [6.07, 6.45) is -0.672. The van der Waals surface area contributed by atoms with Gasteiger partial charge in [0.05, 0.1) is 18.9 Å². The van der Waals surface area contributed by atoms with Gasteiger partial charge in [0.1, 0.15) is 0 Å². The lowest BCUT2D eigenvalue weighted by atomic mass is 10.3. The summed E-state index contributed by atoms with van der Waals surface area (Å²) in [6.45, 7) is 0.566. The van der Waals surface area contributed by atoms with E-state index in [0.29, 0.717) is 13.0 Å². The first-order valence-corrected chi connectivity index (χ1v) is 6.89. The molecule has 1 aliphatic rings. The number of ether oxygens (including phenoxy) is 2. The second-order valence-corrected chi connectivity index (χ2v) is 5.81. The van der Waals surface area contributed by atoms with Gasteiger partial charge < -0.3 is 14.6 Å². The van der Waals surface area contributed by atoms with E-state index in [9.17, 15) is 13.2 Å². The Balaban J connectivity index is 2.55. The Labute approximate surface area is 100 Å². The Morgan fingerprint density at radius 3 is 2.88 bits per heavy atom. The summed E-state index contributed by atoms with van der Waals surface area (Å²) in [4.78, 5) is 10.7. The van der Waals surface area contributed by atoms with E-state index in [-0.39, 0.29) is 25.4 Å². The van der Waals surface area contributed by atoms with Crippen LogP contribution in [0.25, 0.3) is 0 Å². The van der Waals surface area contributed by atoms with Crippen molar-refractivity contribution in [2.75, 3.05) is 39.2 Å². The standard InChI is InChI=1S/C9H17NO6S/c1-15-4-2-6-17(13,14)10-3-5-16-8(7-10)9(11)12/h8H,2-7H2,1H3,(H,11,12). The molecule has 0 aliphatic carbocycles. The fourth-order valence-corrected chi connectivity index (χ4v) is 3.00. The van der Waals surface area contributed by atoms with Gasteiger partial charge in [-0.3, -0.25) is 0 Å². The van der Waals surface area contributed by atoms with Crippen LogP contribution in [0.5, 0.6) is 0 Å². The Hall–Kier alpha value is -0.700. The minimum Gasteiger partial charge on any atom is -0.479 e. The summed E-state index contributed by atoms with van der Waals surface area (Å²) in [5.41, 5.74) is 0. The average Bonchev–Trinajstić information content (AvgIpc) is 2.29. The number of methoxy groups -OCH3 is 1. The zero-order valence-electron chi connectivity index (χ0n) is 9.66. The van der Waals surface area contributed by atoms with Gasteiger partial charge in [-0.15, -0.1) is 0 Å². The fraction of sp³-hybridized carbons (Fsp3) is 0.889. The van der Waals surface area contributed by atoms with E-state index < -0.39 is 22.1 Å². The van der Waals surface area contributed by atoms with E-state index in [4.69, 9.17) is 14.6 Å². The molecule has 1 aliphatic heterocycles.